The molecule has 0 bridgehead atoms. The van der Waals surface area contributed by atoms with Crippen molar-refractivity contribution in [1.82, 2.24) is 9.21 Å². The number of carbonyl (C=O) groups excluding carboxylic acids is 1. The maximum atomic E-state index is 12.6. The highest BCUT2D eigenvalue weighted by Gasteiger charge is 2.29. The van der Waals surface area contributed by atoms with E-state index in [0.717, 1.165) is 11.3 Å². The lowest BCUT2D eigenvalue weighted by Crippen LogP contribution is -2.54. The number of anilines is 1. The Morgan fingerprint density at radius 1 is 1.03 bits per heavy atom. The average molecular weight is 432 g/mol. The maximum absolute atomic E-state index is 12.6. The third-order valence-electron chi connectivity index (χ3n) is 5.33. The molecule has 1 N–H and O–H groups in total. The molecule has 0 spiro atoms. The Bertz CT molecular complexity index is 925. The van der Waals surface area contributed by atoms with Crippen LogP contribution in [0.25, 0.3) is 0 Å². The van der Waals surface area contributed by atoms with Crippen molar-refractivity contribution < 1.29 is 17.9 Å². The molecule has 2 aromatic rings. The van der Waals surface area contributed by atoms with Gasteiger partial charge in [0.15, 0.2) is 0 Å². The first-order valence-electron chi connectivity index (χ1n) is 10.2. The largest absolute Gasteiger partial charge is 0.489 e. The fourth-order valence-corrected chi connectivity index (χ4v) is 4.42. The molecule has 1 saturated heterocycles. The number of hydrogen-bond donors (Lipinski definition) is 1. The molecule has 1 unspecified atom stereocenters. The number of hydrogen-bond acceptors (Lipinski definition) is 5. The Morgan fingerprint density at radius 3 is 2.27 bits per heavy atom. The third kappa shape index (κ3) is 5.81. The molecular weight excluding hydrogens is 402 g/mol. The van der Waals surface area contributed by atoms with Gasteiger partial charge >= 0.3 is 0 Å². The first kappa shape index (κ1) is 22.3. The first-order chi connectivity index (χ1) is 14.4. The van der Waals surface area contributed by atoms with Gasteiger partial charge in [0.25, 0.3) is 0 Å². The lowest BCUT2D eigenvalue weighted by atomic mass is 10.2. The standard InChI is InChI=1S/C22H29N3O4S/c1-3-30(27,28)25-15-13-24(14-16-25)18(2)22(26)23-20-9-11-21(12-10-20)29-17-19-7-5-4-6-8-19/h4-12,18H,3,13-17H2,1-2H3,(H,23,26). The number of carbonyl (C=O) groups is 1. The Morgan fingerprint density at radius 2 is 1.67 bits per heavy atom. The second kappa shape index (κ2) is 10.1. The maximum Gasteiger partial charge on any atom is 0.241 e. The third-order valence-corrected chi connectivity index (χ3v) is 7.21. The van der Waals surface area contributed by atoms with Crippen molar-refractivity contribution in [2.24, 2.45) is 0 Å². The summed E-state index contributed by atoms with van der Waals surface area (Å²) in [7, 11) is -3.17. The molecule has 0 aliphatic carbocycles. The summed E-state index contributed by atoms with van der Waals surface area (Å²) in [6.45, 7) is 5.90. The fraction of sp³-hybridized carbons (Fsp3) is 0.409. The monoisotopic (exact) mass is 431 g/mol. The lowest BCUT2D eigenvalue weighted by molar-refractivity contribution is -0.121. The number of ether oxygens (including phenoxy) is 1. The molecular formula is C22H29N3O4S. The first-order valence-corrected chi connectivity index (χ1v) is 11.8. The lowest BCUT2D eigenvalue weighted by Gasteiger charge is -2.36. The van der Waals surface area contributed by atoms with Crippen molar-refractivity contribution in [3.05, 3.63) is 60.2 Å². The summed E-state index contributed by atoms with van der Waals surface area (Å²) in [5, 5.41) is 2.92. The van der Waals surface area contributed by atoms with E-state index >= 15 is 0 Å². The number of rotatable bonds is 8. The van der Waals surface area contributed by atoms with Crippen molar-refractivity contribution in [3.63, 3.8) is 0 Å². The van der Waals surface area contributed by atoms with Crippen LogP contribution < -0.4 is 10.1 Å². The summed E-state index contributed by atoms with van der Waals surface area (Å²) in [6.07, 6.45) is 0. The Balaban J connectivity index is 1.48. The van der Waals surface area contributed by atoms with Crippen LogP contribution in [-0.2, 0) is 21.4 Å². The summed E-state index contributed by atoms with van der Waals surface area (Å²) in [4.78, 5) is 14.6. The number of nitrogens with zero attached hydrogens (tertiary/aromatic N) is 2. The van der Waals surface area contributed by atoms with Gasteiger partial charge in [-0.2, -0.15) is 4.31 Å². The van der Waals surface area contributed by atoms with Crippen LogP contribution in [0.3, 0.4) is 0 Å². The number of piperazine rings is 1. The van der Waals surface area contributed by atoms with Gasteiger partial charge in [0.2, 0.25) is 15.9 Å². The second-order valence-electron chi connectivity index (χ2n) is 7.30. The molecule has 1 atom stereocenters. The Kier molecular flexibility index (Phi) is 7.47. The van der Waals surface area contributed by atoms with E-state index in [-0.39, 0.29) is 17.7 Å². The average Bonchev–Trinajstić information content (AvgIpc) is 2.79. The minimum absolute atomic E-state index is 0.105. The van der Waals surface area contributed by atoms with Gasteiger partial charge in [-0.25, -0.2) is 8.42 Å². The zero-order valence-electron chi connectivity index (χ0n) is 17.5. The van der Waals surface area contributed by atoms with E-state index in [1.165, 1.54) is 4.31 Å². The van der Waals surface area contributed by atoms with Crippen LogP contribution in [-0.4, -0.2) is 61.5 Å². The number of sulfonamides is 1. The molecule has 3 rings (SSSR count). The molecule has 1 aliphatic rings. The van der Waals surface area contributed by atoms with E-state index in [0.29, 0.717) is 38.5 Å². The van der Waals surface area contributed by atoms with Crippen molar-refractivity contribution in [2.45, 2.75) is 26.5 Å². The fourth-order valence-electron chi connectivity index (χ4n) is 3.34. The van der Waals surface area contributed by atoms with Gasteiger partial charge in [-0.15, -0.1) is 0 Å². The van der Waals surface area contributed by atoms with Crippen molar-refractivity contribution in [3.8, 4) is 5.75 Å². The minimum Gasteiger partial charge on any atom is -0.489 e. The SMILES string of the molecule is CCS(=O)(=O)N1CCN(C(C)C(=O)Nc2ccc(OCc3ccccc3)cc2)CC1. The van der Waals surface area contributed by atoms with Crippen LogP contribution >= 0.6 is 0 Å². The van der Waals surface area contributed by atoms with Gasteiger partial charge in [-0.3, -0.25) is 9.69 Å². The van der Waals surface area contributed by atoms with Gasteiger partial charge in [-0.1, -0.05) is 30.3 Å². The highest BCUT2D eigenvalue weighted by atomic mass is 32.2. The highest BCUT2D eigenvalue weighted by molar-refractivity contribution is 7.89. The molecule has 1 aliphatic heterocycles. The van der Waals surface area contributed by atoms with Crippen LogP contribution in [0.15, 0.2) is 54.6 Å². The van der Waals surface area contributed by atoms with Crippen LogP contribution in [0, 0.1) is 0 Å². The van der Waals surface area contributed by atoms with Crippen molar-refractivity contribution in [1.29, 1.82) is 0 Å². The number of nitrogens with one attached hydrogen (secondary N) is 1. The zero-order valence-corrected chi connectivity index (χ0v) is 18.3. The molecule has 0 radical (unpaired) electrons. The summed E-state index contributed by atoms with van der Waals surface area (Å²) in [6, 6.07) is 16.9. The van der Waals surface area contributed by atoms with Crippen LogP contribution in [0.1, 0.15) is 19.4 Å². The van der Waals surface area contributed by atoms with Crippen LogP contribution in [0.2, 0.25) is 0 Å². The molecule has 2 aromatic carbocycles. The van der Waals surface area contributed by atoms with Gasteiger partial charge in [-0.05, 0) is 43.7 Å². The zero-order chi connectivity index (χ0) is 21.6. The summed E-state index contributed by atoms with van der Waals surface area (Å²) in [5.74, 6) is 0.728. The second-order valence-corrected chi connectivity index (χ2v) is 9.56. The molecule has 1 fully saturated rings. The topological polar surface area (TPSA) is 79.0 Å². The highest BCUT2D eigenvalue weighted by Crippen LogP contribution is 2.18. The molecule has 1 amide bonds. The predicted molar refractivity (Wildman–Crippen MR) is 118 cm³/mol. The van der Waals surface area contributed by atoms with E-state index in [1.807, 2.05) is 66.4 Å². The van der Waals surface area contributed by atoms with Crippen LogP contribution in [0.5, 0.6) is 5.75 Å². The number of benzene rings is 2. The van der Waals surface area contributed by atoms with Gasteiger partial charge < -0.3 is 10.1 Å². The van der Waals surface area contributed by atoms with E-state index in [4.69, 9.17) is 4.74 Å². The summed E-state index contributed by atoms with van der Waals surface area (Å²) < 4.78 is 31.2. The molecule has 162 valence electrons. The van der Waals surface area contributed by atoms with Crippen molar-refractivity contribution in [2.75, 3.05) is 37.2 Å². The summed E-state index contributed by atoms with van der Waals surface area (Å²) in [5.41, 5.74) is 1.79. The molecule has 7 nitrogen and oxygen atoms in total. The van der Waals surface area contributed by atoms with Gasteiger partial charge in [0.05, 0.1) is 11.8 Å². The van der Waals surface area contributed by atoms with Crippen molar-refractivity contribution >= 4 is 21.6 Å². The van der Waals surface area contributed by atoms with Crippen LogP contribution in [0.4, 0.5) is 5.69 Å². The van der Waals surface area contributed by atoms with Gasteiger partial charge in [0.1, 0.15) is 12.4 Å². The molecule has 1 heterocycles. The molecule has 30 heavy (non-hydrogen) atoms. The summed E-state index contributed by atoms with van der Waals surface area (Å²) >= 11 is 0. The normalized spacial score (nSPS) is 16.7. The van der Waals surface area contributed by atoms with Gasteiger partial charge in [0, 0.05) is 31.9 Å². The quantitative estimate of drug-likeness (QED) is 0.695. The minimum atomic E-state index is -3.17. The number of amides is 1. The van der Waals surface area contributed by atoms with E-state index in [1.54, 1.807) is 6.92 Å². The predicted octanol–water partition coefficient (Wildman–Crippen LogP) is 2.56. The smallest absolute Gasteiger partial charge is 0.241 e. The Hall–Kier alpha value is -2.42. The van der Waals surface area contributed by atoms with E-state index in [9.17, 15) is 13.2 Å². The Labute approximate surface area is 178 Å². The molecule has 0 aromatic heterocycles. The van der Waals surface area contributed by atoms with E-state index < -0.39 is 10.0 Å². The molecule has 8 heteroatoms. The molecule has 0 saturated carbocycles. The van der Waals surface area contributed by atoms with E-state index in [2.05, 4.69) is 5.32 Å².